The Bertz CT molecular complexity index is 729. The highest BCUT2D eigenvalue weighted by atomic mass is 16.7. The van der Waals surface area contributed by atoms with Crippen molar-refractivity contribution in [3.8, 4) is 0 Å². The van der Waals surface area contributed by atoms with Crippen molar-refractivity contribution in [2.45, 2.75) is 64.8 Å². The number of benzene rings is 1. The summed E-state index contributed by atoms with van der Waals surface area (Å²) < 4.78 is 9.99. The second-order valence-electron chi connectivity index (χ2n) is 8.56. The standard InChI is InChI=1S/C24H36N2O6/c1-9-21(27)29-15-17(3)31-25-23(5,6)19-12-11-13-20(14-19)24(7,8)26-32-18(4)16-30-22(28)10-2/h9-14,17-18,25-26H,1-2,15-16H2,3-8H3. The largest absolute Gasteiger partial charge is 0.460 e. The summed E-state index contributed by atoms with van der Waals surface area (Å²) in [6, 6.07) is 8.01. The Balaban J connectivity index is 2.72. The molecule has 0 amide bonds. The number of nitrogens with one attached hydrogen (secondary N) is 2. The number of hydroxylamine groups is 2. The lowest BCUT2D eigenvalue weighted by Gasteiger charge is -2.32. The van der Waals surface area contributed by atoms with E-state index in [1.807, 2.05) is 45.9 Å². The van der Waals surface area contributed by atoms with Crippen molar-refractivity contribution in [1.29, 1.82) is 0 Å². The Morgan fingerprint density at radius 3 is 1.59 bits per heavy atom. The van der Waals surface area contributed by atoms with E-state index in [0.29, 0.717) is 0 Å². The van der Waals surface area contributed by atoms with E-state index in [0.717, 1.165) is 23.3 Å². The molecule has 0 saturated carbocycles. The average Bonchev–Trinajstić information content (AvgIpc) is 2.78. The SMILES string of the molecule is C=CC(=O)OCC(C)ONC(C)(C)c1cccc(C(C)(C)NOC(C)COC(=O)C=C)c1. The highest BCUT2D eigenvalue weighted by molar-refractivity contribution is 5.81. The molecule has 1 rings (SSSR count). The Labute approximate surface area is 190 Å². The van der Waals surface area contributed by atoms with Crippen LogP contribution in [0.2, 0.25) is 0 Å². The molecule has 0 heterocycles. The van der Waals surface area contributed by atoms with Gasteiger partial charge in [0.25, 0.3) is 0 Å². The molecular weight excluding hydrogens is 412 g/mol. The van der Waals surface area contributed by atoms with Gasteiger partial charge in [-0.15, -0.1) is 0 Å². The molecule has 0 aliphatic carbocycles. The molecule has 0 radical (unpaired) electrons. The number of carbonyl (C=O) groups is 2. The summed E-state index contributed by atoms with van der Waals surface area (Å²) in [5, 5.41) is 0. The molecule has 0 bridgehead atoms. The zero-order chi connectivity index (χ0) is 24.4. The molecule has 0 aliphatic heterocycles. The van der Waals surface area contributed by atoms with Gasteiger partial charge < -0.3 is 9.47 Å². The summed E-state index contributed by atoms with van der Waals surface area (Å²) in [4.78, 5) is 33.7. The van der Waals surface area contributed by atoms with E-state index in [-0.39, 0.29) is 25.4 Å². The summed E-state index contributed by atoms with van der Waals surface area (Å²) in [5.41, 5.74) is 7.06. The first-order chi connectivity index (χ1) is 14.9. The molecule has 0 fully saturated rings. The fraction of sp³-hybridized carbons (Fsp3) is 0.500. The fourth-order valence-electron chi connectivity index (χ4n) is 2.50. The van der Waals surface area contributed by atoms with E-state index in [9.17, 15) is 9.59 Å². The van der Waals surface area contributed by atoms with Crippen LogP contribution in [0.4, 0.5) is 0 Å². The molecule has 0 spiro atoms. The van der Waals surface area contributed by atoms with E-state index in [2.05, 4.69) is 30.2 Å². The molecule has 178 valence electrons. The van der Waals surface area contributed by atoms with Gasteiger partial charge in [-0.1, -0.05) is 37.4 Å². The summed E-state index contributed by atoms with van der Waals surface area (Å²) in [5.74, 6) is -0.977. The first-order valence-corrected chi connectivity index (χ1v) is 10.5. The second-order valence-corrected chi connectivity index (χ2v) is 8.56. The van der Waals surface area contributed by atoms with Crippen molar-refractivity contribution in [3.05, 3.63) is 60.7 Å². The van der Waals surface area contributed by atoms with Crippen molar-refractivity contribution in [2.24, 2.45) is 0 Å². The minimum Gasteiger partial charge on any atom is -0.460 e. The van der Waals surface area contributed by atoms with Crippen LogP contribution < -0.4 is 11.0 Å². The van der Waals surface area contributed by atoms with Crippen LogP contribution in [0, 0.1) is 0 Å². The third-order valence-corrected chi connectivity index (χ3v) is 4.59. The van der Waals surface area contributed by atoms with Gasteiger partial charge in [-0.25, -0.2) is 9.59 Å². The monoisotopic (exact) mass is 448 g/mol. The minimum absolute atomic E-state index is 0.114. The first-order valence-electron chi connectivity index (χ1n) is 10.5. The number of esters is 2. The molecule has 8 heteroatoms. The smallest absolute Gasteiger partial charge is 0.330 e. The van der Waals surface area contributed by atoms with Crippen LogP contribution in [0.1, 0.15) is 52.7 Å². The van der Waals surface area contributed by atoms with Crippen molar-refractivity contribution >= 4 is 11.9 Å². The van der Waals surface area contributed by atoms with Crippen LogP contribution in [0.5, 0.6) is 0 Å². The predicted octanol–water partition coefficient (Wildman–Crippen LogP) is 3.43. The van der Waals surface area contributed by atoms with Crippen LogP contribution >= 0.6 is 0 Å². The molecular formula is C24H36N2O6. The molecule has 2 N–H and O–H groups in total. The summed E-state index contributed by atoms with van der Waals surface area (Å²) >= 11 is 0. The fourth-order valence-corrected chi connectivity index (χ4v) is 2.50. The van der Waals surface area contributed by atoms with Crippen molar-refractivity contribution < 1.29 is 28.7 Å². The van der Waals surface area contributed by atoms with Crippen LogP contribution in [0.25, 0.3) is 0 Å². The van der Waals surface area contributed by atoms with Crippen LogP contribution in [0.15, 0.2) is 49.6 Å². The van der Waals surface area contributed by atoms with Gasteiger partial charge in [-0.2, -0.15) is 11.0 Å². The molecule has 32 heavy (non-hydrogen) atoms. The molecule has 0 saturated heterocycles. The maximum absolute atomic E-state index is 11.2. The highest BCUT2D eigenvalue weighted by Crippen LogP contribution is 2.27. The van der Waals surface area contributed by atoms with Gasteiger partial charge in [0, 0.05) is 12.2 Å². The number of hydrogen-bond donors (Lipinski definition) is 2. The molecule has 2 unspecified atom stereocenters. The van der Waals surface area contributed by atoms with Crippen molar-refractivity contribution in [3.63, 3.8) is 0 Å². The molecule has 2 atom stereocenters. The number of rotatable bonds is 14. The Morgan fingerprint density at radius 1 is 0.875 bits per heavy atom. The number of ether oxygens (including phenoxy) is 2. The molecule has 0 aromatic heterocycles. The van der Waals surface area contributed by atoms with Gasteiger partial charge in [0.1, 0.15) is 25.4 Å². The zero-order valence-electron chi connectivity index (χ0n) is 19.9. The van der Waals surface area contributed by atoms with Gasteiger partial charge in [-0.05, 0) is 52.7 Å². The van der Waals surface area contributed by atoms with E-state index < -0.39 is 23.0 Å². The highest BCUT2D eigenvalue weighted by Gasteiger charge is 2.26. The average molecular weight is 449 g/mol. The predicted molar refractivity (Wildman–Crippen MR) is 122 cm³/mol. The van der Waals surface area contributed by atoms with Crippen molar-refractivity contribution in [2.75, 3.05) is 13.2 Å². The molecule has 8 nitrogen and oxygen atoms in total. The van der Waals surface area contributed by atoms with Crippen LogP contribution in [0.3, 0.4) is 0 Å². The maximum Gasteiger partial charge on any atom is 0.330 e. The summed E-state index contributed by atoms with van der Waals surface area (Å²) in [6.45, 7) is 18.5. The normalized spacial score (nSPS) is 13.7. The van der Waals surface area contributed by atoms with Gasteiger partial charge in [0.15, 0.2) is 0 Å². The van der Waals surface area contributed by atoms with Crippen LogP contribution in [-0.4, -0.2) is 37.4 Å². The van der Waals surface area contributed by atoms with Gasteiger partial charge in [0.2, 0.25) is 0 Å². The van der Waals surface area contributed by atoms with Gasteiger partial charge in [0.05, 0.1) is 11.1 Å². The quantitative estimate of drug-likeness (QED) is 0.254. The molecule has 1 aromatic rings. The molecule has 0 aliphatic rings. The zero-order valence-corrected chi connectivity index (χ0v) is 19.9. The van der Waals surface area contributed by atoms with E-state index in [1.165, 1.54) is 0 Å². The Hall–Kier alpha value is -2.52. The Morgan fingerprint density at radius 2 is 1.25 bits per heavy atom. The number of carbonyl (C=O) groups excluding carboxylic acids is 2. The maximum atomic E-state index is 11.2. The van der Waals surface area contributed by atoms with Gasteiger partial charge in [-0.3, -0.25) is 9.68 Å². The summed E-state index contributed by atoms with van der Waals surface area (Å²) in [6.07, 6.45) is 1.54. The van der Waals surface area contributed by atoms with Crippen LogP contribution in [-0.2, 0) is 39.8 Å². The third-order valence-electron chi connectivity index (χ3n) is 4.59. The minimum atomic E-state index is -0.518. The first kappa shape index (κ1) is 27.5. The topological polar surface area (TPSA) is 95.1 Å². The third kappa shape index (κ3) is 9.32. The lowest BCUT2D eigenvalue weighted by molar-refractivity contribution is -0.146. The van der Waals surface area contributed by atoms with E-state index in [4.69, 9.17) is 19.1 Å². The number of hydrogen-bond acceptors (Lipinski definition) is 8. The van der Waals surface area contributed by atoms with E-state index >= 15 is 0 Å². The van der Waals surface area contributed by atoms with Crippen molar-refractivity contribution in [1.82, 2.24) is 11.0 Å². The second kappa shape index (κ2) is 12.5. The molecule has 1 aromatic carbocycles. The lowest BCUT2D eigenvalue weighted by atomic mass is 9.88. The Kier molecular flexibility index (Phi) is 10.7. The van der Waals surface area contributed by atoms with Gasteiger partial charge >= 0.3 is 11.9 Å². The summed E-state index contributed by atoms with van der Waals surface area (Å²) in [7, 11) is 0. The lowest BCUT2D eigenvalue weighted by Crippen LogP contribution is -2.42. The van der Waals surface area contributed by atoms with E-state index in [1.54, 1.807) is 13.8 Å².